The molecule has 0 aromatic rings. The number of nitrogens with two attached hydrogens (primary N) is 1. The van der Waals surface area contributed by atoms with E-state index in [9.17, 15) is 0 Å². The van der Waals surface area contributed by atoms with Crippen molar-refractivity contribution in [2.45, 2.75) is 58.1 Å². The van der Waals surface area contributed by atoms with Crippen molar-refractivity contribution in [1.82, 2.24) is 5.43 Å². The zero-order valence-electron chi connectivity index (χ0n) is 12.7. The molecule has 19 heavy (non-hydrogen) atoms. The maximum Gasteiger partial charge on any atom is 0.0729 e. The molecule has 0 bridgehead atoms. The Morgan fingerprint density at radius 3 is 2.42 bits per heavy atom. The molecule has 4 nitrogen and oxygen atoms in total. The molecule has 0 radical (unpaired) electrons. The van der Waals surface area contributed by atoms with Crippen molar-refractivity contribution in [3.63, 3.8) is 0 Å². The lowest BCUT2D eigenvalue weighted by atomic mass is 9.73. The van der Waals surface area contributed by atoms with E-state index in [-0.39, 0.29) is 5.60 Å². The van der Waals surface area contributed by atoms with E-state index in [0.29, 0.717) is 23.8 Å². The highest BCUT2D eigenvalue weighted by Crippen LogP contribution is 2.39. The van der Waals surface area contributed by atoms with Crippen molar-refractivity contribution in [2.75, 3.05) is 19.8 Å². The number of hydrogen-bond acceptors (Lipinski definition) is 4. The summed E-state index contributed by atoms with van der Waals surface area (Å²) < 4.78 is 11.6. The van der Waals surface area contributed by atoms with E-state index in [2.05, 4.69) is 26.2 Å². The summed E-state index contributed by atoms with van der Waals surface area (Å²) in [6.07, 6.45) is 4.32. The topological polar surface area (TPSA) is 56.5 Å². The first kappa shape index (κ1) is 15.2. The molecule has 0 aromatic carbocycles. The number of hydrogen-bond donors (Lipinski definition) is 2. The molecule has 112 valence electrons. The smallest absolute Gasteiger partial charge is 0.0729 e. The van der Waals surface area contributed by atoms with Crippen LogP contribution in [0.25, 0.3) is 0 Å². The molecule has 0 saturated carbocycles. The summed E-state index contributed by atoms with van der Waals surface area (Å²) in [5.74, 6) is 7.70. The van der Waals surface area contributed by atoms with Crippen molar-refractivity contribution >= 4 is 0 Å². The van der Waals surface area contributed by atoms with Gasteiger partial charge in [0, 0.05) is 25.9 Å². The summed E-state index contributed by atoms with van der Waals surface area (Å²) in [4.78, 5) is 0. The molecular weight excluding hydrogens is 240 g/mol. The molecule has 0 amide bonds. The second-order valence-electron chi connectivity index (χ2n) is 6.69. The second kappa shape index (κ2) is 6.53. The maximum atomic E-state index is 6.12. The van der Waals surface area contributed by atoms with E-state index in [0.717, 1.165) is 45.5 Å². The summed E-state index contributed by atoms with van der Waals surface area (Å²) >= 11 is 0. The van der Waals surface area contributed by atoms with Crippen LogP contribution < -0.4 is 11.3 Å². The van der Waals surface area contributed by atoms with Gasteiger partial charge in [0.15, 0.2) is 0 Å². The summed E-state index contributed by atoms with van der Waals surface area (Å²) in [7, 11) is 0. The predicted octanol–water partition coefficient (Wildman–Crippen LogP) is 2.09. The Morgan fingerprint density at radius 1 is 1.16 bits per heavy atom. The molecule has 0 aromatic heterocycles. The Labute approximate surface area is 117 Å². The average Bonchev–Trinajstić information content (AvgIpc) is 2.40. The summed E-state index contributed by atoms with van der Waals surface area (Å²) in [5.41, 5.74) is 3.15. The van der Waals surface area contributed by atoms with Gasteiger partial charge < -0.3 is 9.47 Å². The van der Waals surface area contributed by atoms with Crippen LogP contribution in [0.5, 0.6) is 0 Å². The Balaban J connectivity index is 2.02. The van der Waals surface area contributed by atoms with Crippen LogP contribution in [0.2, 0.25) is 0 Å². The van der Waals surface area contributed by atoms with Crippen LogP contribution in [-0.2, 0) is 9.47 Å². The molecule has 3 unspecified atom stereocenters. The molecule has 4 heteroatoms. The number of ether oxygens (including phenoxy) is 2. The van der Waals surface area contributed by atoms with Crippen molar-refractivity contribution < 1.29 is 9.47 Å². The third kappa shape index (κ3) is 3.48. The predicted molar refractivity (Wildman–Crippen MR) is 76.6 cm³/mol. The zero-order valence-corrected chi connectivity index (χ0v) is 12.7. The minimum atomic E-state index is 0.0625. The lowest BCUT2D eigenvalue weighted by molar-refractivity contribution is -0.152. The van der Waals surface area contributed by atoms with Crippen LogP contribution in [0.15, 0.2) is 0 Å². The first-order valence-corrected chi connectivity index (χ1v) is 7.76. The van der Waals surface area contributed by atoms with Crippen LogP contribution in [0.3, 0.4) is 0 Å². The quantitative estimate of drug-likeness (QED) is 0.606. The van der Waals surface area contributed by atoms with E-state index in [1.807, 2.05) is 0 Å². The standard InChI is InChI=1S/C15H30N2O2/c1-11(2)12(3)14(17-16)13-4-7-19-15(10-13)5-8-18-9-6-15/h11-14,17H,4-10,16H2,1-3H3. The van der Waals surface area contributed by atoms with Crippen LogP contribution in [0.4, 0.5) is 0 Å². The molecule has 2 heterocycles. The molecule has 2 aliphatic rings. The molecule has 3 N–H and O–H groups in total. The monoisotopic (exact) mass is 270 g/mol. The van der Waals surface area contributed by atoms with Crippen molar-refractivity contribution in [3.05, 3.63) is 0 Å². The highest BCUT2D eigenvalue weighted by Gasteiger charge is 2.42. The van der Waals surface area contributed by atoms with Crippen LogP contribution in [0, 0.1) is 17.8 Å². The van der Waals surface area contributed by atoms with Gasteiger partial charge in [0.1, 0.15) is 0 Å². The molecule has 2 rings (SSSR count). The lowest BCUT2D eigenvalue weighted by Gasteiger charge is -2.46. The molecule has 2 saturated heterocycles. The molecule has 2 fully saturated rings. The molecule has 3 atom stereocenters. The molecule has 1 spiro atoms. The van der Waals surface area contributed by atoms with Gasteiger partial charge in [0.2, 0.25) is 0 Å². The van der Waals surface area contributed by atoms with Gasteiger partial charge in [0.05, 0.1) is 5.60 Å². The summed E-state index contributed by atoms with van der Waals surface area (Å²) in [6.45, 7) is 9.41. The highest BCUT2D eigenvalue weighted by atomic mass is 16.5. The summed E-state index contributed by atoms with van der Waals surface area (Å²) in [6, 6.07) is 0.392. The third-order valence-corrected chi connectivity index (χ3v) is 5.25. The zero-order chi connectivity index (χ0) is 13.9. The van der Waals surface area contributed by atoms with Crippen LogP contribution in [0.1, 0.15) is 46.5 Å². The van der Waals surface area contributed by atoms with E-state index in [1.165, 1.54) is 0 Å². The molecule has 0 aliphatic carbocycles. The van der Waals surface area contributed by atoms with Crippen molar-refractivity contribution in [3.8, 4) is 0 Å². The molecule has 2 aliphatic heterocycles. The average molecular weight is 270 g/mol. The van der Waals surface area contributed by atoms with Gasteiger partial charge >= 0.3 is 0 Å². The van der Waals surface area contributed by atoms with E-state index in [1.54, 1.807) is 0 Å². The molecular formula is C15H30N2O2. The van der Waals surface area contributed by atoms with Gasteiger partial charge in [-0.15, -0.1) is 0 Å². The van der Waals surface area contributed by atoms with Crippen molar-refractivity contribution in [2.24, 2.45) is 23.6 Å². The van der Waals surface area contributed by atoms with Gasteiger partial charge in [-0.25, -0.2) is 0 Å². The van der Waals surface area contributed by atoms with Crippen molar-refractivity contribution in [1.29, 1.82) is 0 Å². The minimum Gasteiger partial charge on any atom is -0.381 e. The summed E-state index contributed by atoms with van der Waals surface area (Å²) in [5, 5.41) is 0. The fourth-order valence-electron chi connectivity index (χ4n) is 3.60. The van der Waals surface area contributed by atoms with Gasteiger partial charge in [-0.2, -0.15) is 0 Å². The van der Waals surface area contributed by atoms with Crippen LogP contribution in [-0.4, -0.2) is 31.5 Å². The lowest BCUT2D eigenvalue weighted by Crippen LogP contribution is -2.53. The van der Waals surface area contributed by atoms with Crippen LogP contribution >= 0.6 is 0 Å². The Bertz CT molecular complexity index is 272. The minimum absolute atomic E-state index is 0.0625. The Morgan fingerprint density at radius 2 is 1.84 bits per heavy atom. The fourth-order valence-corrected chi connectivity index (χ4v) is 3.60. The van der Waals surface area contributed by atoms with Gasteiger partial charge in [-0.1, -0.05) is 20.8 Å². The first-order valence-electron chi connectivity index (χ1n) is 7.76. The Kier molecular flexibility index (Phi) is 5.23. The van der Waals surface area contributed by atoms with Gasteiger partial charge in [0.25, 0.3) is 0 Å². The Hall–Kier alpha value is -0.160. The second-order valence-corrected chi connectivity index (χ2v) is 6.69. The van der Waals surface area contributed by atoms with Gasteiger partial charge in [-0.3, -0.25) is 11.3 Å². The normalized spacial score (nSPS) is 30.5. The van der Waals surface area contributed by atoms with E-state index >= 15 is 0 Å². The van der Waals surface area contributed by atoms with E-state index < -0.39 is 0 Å². The first-order chi connectivity index (χ1) is 9.08. The van der Waals surface area contributed by atoms with E-state index in [4.69, 9.17) is 15.3 Å². The largest absolute Gasteiger partial charge is 0.381 e. The number of nitrogens with one attached hydrogen (secondary N) is 1. The third-order valence-electron chi connectivity index (χ3n) is 5.25. The van der Waals surface area contributed by atoms with Gasteiger partial charge in [-0.05, 0) is 43.4 Å². The number of hydrazine groups is 1. The maximum absolute atomic E-state index is 6.12. The fraction of sp³-hybridized carbons (Fsp3) is 1.00. The SMILES string of the molecule is CC(C)C(C)C(NN)C1CCOC2(CCOCC2)C1. The highest BCUT2D eigenvalue weighted by molar-refractivity contribution is 4.93. The number of rotatable bonds is 4.